The summed E-state index contributed by atoms with van der Waals surface area (Å²) in [4.78, 5) is 11.6. The van der Waals surface area contributed by atoms with Gasteiger partial charge in [-0.25, -0.2) is 9.18 Å². The summed E-state index contributed by atoms with van der Waals surface area (Å²) in [5.41, 5.74) is 5.95. The number of anilines is 1. The Morgan fingerprint density at radius 2 is 1.90 bits per heavy atom. The molecular formula is C14H11ClFNO2S. The normalized spacial score (nSPS) is 10.5. The second-order valence-electron chi connectivity index (χ2n) is 4.05. The smallest absolute Gasteiger partial charge is 0.339 e. The van der Waals surface area contributed by atoms with Gasteiger partial charge in [0.1, 0.15) is 5.82 Å². The third-order valence-corrected chi connectivity index (χ3v) is 4.06. The number of nitrogens with two attached hydrogens (primary N) is 1. The Labute approximate surface area is 124 Å². The van der Waals surface area contributed by atoms with Crippen molar-refractivity contribution >= 4 is 35.0 Å². The average molecular weight is 312 g/mol. The predicted octanol–water partition coefficient (Wildman–Crippen LogP) is 4.05. The predicted molar refractivity (Wildman–Crippen MR) is 78.8 cm³/mol. The van der Waals surface area contributed by atoms with Gasteiger partial charge < -0.3 is 10.8 Å². The molecule has 0 bridgehead atoms. The van der Waals surface area contributed by atoms with Crippen molar-refractivity contribution in [1.29, 1.82) is 0 Å². The number of aromatic carboxylic acids is 1. The number of thioether (sulfide) groups is 1. The maximum absolute atomic E-state index is 13.3. The number of hydrogen-bond donors (Lipinski definition) is 2. The lowest BCUT2D eigenvalue weighted by molar-refractivity contribution is 0.0694. The molecule has 6 heteroatoms. The fourth-order valence-electron chi connectivity index (χ4n) is 1.66. The van der Waals surface area contributed by atoms with E-state index in [0.29, 0.717) is 15.7 Å². The van der Waals surface area contributed by atoms with Crippen LogP contribution in [0.25, 0.3) is 0 Å². The molecule has 3 N–H and O–H groups in total. The standard InChI is InChI=1S/C14H11ClFNO2S/c15-9-3-1-8(2-4-9)7-20-11-6-5-10(16)13(17)12(11)14(18)19/h1-6H,7,17H2,(H,18,19). The van der Waals surface area contributed by atoms with E-state index in [2.05, 4.69) is 0 Å². The lowest BCUT2D eigenvalue weighted by atomic mass is 10.2. The van der Waals surface area contributed by atoms with E-state index in [0.717, 1.165) is 5.56 Å². The van der Waals surface area contributed by atoms with Crippen molar-refractivity contribution in [1.82, 2.24) is 0 Å². The summed E-state index contributed by atoms with van der Waals surface area (Å²) in [5.74, 6) is -1.42. The van der Waals surface area contributed by atoms with Gasteiger partial charge in [-0.1, -0.05) is 23.7 Å². The van der Waals surface area contributed by atoms with Gasteiger partial charge in [0.05, 0.1) is 11.3 Å². The van der Waals surface area contributed by atoms with Crippen LogP contribution in [0.15, 0.2) is 41.3 Å². The first-order valence-corrected chi connectivity index (χ1v) is 7.04. The van der Waals surface area contributed by atoms with Gasteiger partial charge in [0.2, 0.25) is 0 Å². The third kappa shape index (κ3) is 3.23. The fraction of sp³-hybridized carbons (Fsp3) is 0.0714. The average Bonchev–Trinajstić information content (AvgIpc) is 2.41. The van der Waals surface area contributed by atoms with Crippen LogP contribution in [0, 0.1) is 5.82 Å². The first-order valence-electron chi connectivity index (χ1n) is 5.67. The number of halogens is 2. The minimum atomic E-state index is -1.24. The highest BCUT2D eigenvalue weighted by Gasteiger charge is 2.17. The van der Waals surface area contributed by atoms with Gasteiger partial charge in [-0.2, -0.15) is 0 Å². The van der Waals surface area contributed by atoms with Crippen molar-refractivity contribution in [2.75, 3.05) is 5.73 Å². The van der Waals surface area contributed by atoms with Gasteiger partial charge in [0, 0.05) is 15.7 Å². The van der Waals surface area contributed by atoms with Gasteiger partial charge in [0.25, 0.3) is 0 Å². The molecule has 0 heterocycles. The van der Waals surface area contributed by atoms with Gasteiger partial charge in [-0.3, -0.25) is 0 Å². The third-order valence-electron chi connectivity index (χ3n) is 2.68. The minimum Gasteiger partial charge on any atom is -0.478 e. The van der Waals surface area contributed by atoms with Crippen LogP contribution < -0.4 is 5.73 Å². The Morgan fingerprint density at radius 1 is 1.25 bits per heavy atom. The van der Waals surface area contributed by atoms with Crippen molar-refractivity contribution in [3.8, 4) is 0 Å². The molecule has 0 spiro atoms. The monoisotopic (exact) mass is 311 g/mol. The van der Waals surface area contributed by atoms with Gasteiger partial charge in [0.15, 0.2) is 0 Å². The van der Waals surface area contributed by atoms with Crippen LogP contribution in [0.2, 0.25) is 5.02 Å². The largest absolute Gasteiger partial charge is 0.478 e. The summed E-state index contributed by atoms with van der Waals surface area (Å²) in [6, 6.07) is 9.82. The molecule has 0 aliphatic rings. The summed E-state index contributed by atoms with van der Waals surface area (Å²) in [6.07, 6.45) is 0. The molecule has 3 nitrogen and oxygen atoms in total. The van der Waals surface area contributed by atoms with Gasteiger partial charge in [-0.15, -0.1) is 11.8 Å². The van der Waals surface area contributed by atoms with E-state index in [1.807, 2.05) is 12.1 Å². The van der Waals surface area contributed by atoms with Crippen molar-refractivity contribution in [2.45, 2.75) is 10.6 Å². The molecule has 20 heavy (non-hydrogen) atoms. The zero-order chi connectivity index (χ0) is 14.7. The first kappa shape index (κ1) is 14.7. The van der Waals surface area contributed by atoms with Crippen LogP contribution in [0.3, 0.4) is 0 Å². The van der Waals surface area contributed by atoms with E-state index < -0.39 is 11.8 Å². The Hall–Kier alpha value is -1.72. The number of benzene rings is 2. The molecular weight excluding hydrogens is 301 g/mol. The zero-order valence-electron chi connectivity index (χ0n) is 10.3. The summed E-state index contributed by atoms with van der Waals surface area (Å²) in [5, 5.41) is 9.76. The SMILES string of the molecule is Nc1c(F)ccc(SCc2ccc(Cl)cc2)c1C(=O)O. The van der Waals surface area contributed by atoms with E-state index in [9.17, 15) is 9.18 Å². The Morgan fingerprint density at radius 3 is 2.50 bits per heavy atom. The number of carbonyl (C=O) groups is 1. The molecule has 2 aromatic carbocycles. The summed E-state index contributed by atoms with van der Waals surface area (Å²) < 4.78 is 13.3. The topological polar surface area (TPSA) is 63.3 Å². The Balaban J connectivity index is 2.23. The van der Waals surface area contributed by atoms with Crippen LogP contribution in [-0.4, -0.2) is 11.1 Å². The fourth-order valence-corrected chi connectivity index (χ4v) is 2.80. The molecule has 0 saturated carbocycles. The maximum Gasteiger partial charge on any atom is 0.339 e. The highest BCUT2D eigenvalue weighted by molar-refractivity contribution is 7.98. The maximum atomic E-state index is 13.3. The van der Waals surface area contributed by atoms with Crippen LogP contribution in [0.4, 0.5) is 10.1 Å². The van der Waals surface area contributed by atoms with E-state index in [-0.39, 0.29) is 11.3 Å². The summed E-state index contributed by atoms with van der Waals surface area (Å²) in [7, 11) is 0. The van der Waals surface area contributed by atoms with E-state index in [1.54, 1.807) is 12.1 Å². The van der Waals surface area contributed by atoms with Crippen LogP contribution in [0.1, 0.15) is 15.9 Å². The molecule has 0 fully saturated rings. The van der Waals surface area contributed by atoms with E-state index in [4.69, 9.17) is 22.4 Å². The second-order valence-corrected chi connectivity index (χ2v) is 5.51. The van der Waals surface area contributed by atoms with E-state index >= 15 is 0 Å². The van der Waals surface area contributed by atoms with Crippen LogP contribution in [0.5, 0.6) is 0 Å². The lowest BCUT2D eigenvalue weighted by Crippen LogP contribution is -2.06. The van der Waals surface area contributed by atoms with Crippen molar-refractivity contribution in [2.24, 2.45) is 0 Å². The van der Waals surface area contributed by atoms with Crippen LogP contribution in [-0.2, 0) is 5.75 Å². The minimum absolute atomic E-state index is 0.191. The highest BCUT2D eigenvalue weighted by atomic mass is 35.5. The van der Waals surface area contributed by atoms with Gasteiger partial charge in [-0.05, 0) is 29.8 Å². The molecule has 2 rings (SSSR count). The zero-order valence-corrected chi connectivity index (χ0v) is 11.8. The molecule has 0 amide bonds. The Bertz CT molecular complexity index is 646. The van der Waals surface area contributed by atoms with E-state index in [1.165, 1.54) is 23.9 Å². The Kier molecular flexibility index (Phi) is 4.52. The molecule has 0 radical (unpaired) electrons. The molecule has 2 aromatic rings. The number of carboxylic acids is 1. The van der Waals surface area contributed by atoms with Crippen LogP contribution >= 0.6 is 23.4 Å². The summed E-state index contributed by atoms with van der Waals surface area (Å²) >= 11 is 7.08. The van der Waals surface area contributed by atoms with Crippen molar-refractivity contribution < 1.29 is 14.3 Å². The molecule has 0 aromatic heterocycles. The summed E-state index contributed by atoms with van der Waals surface area (Å²) in [6.45, 7) is 0. The van der Waals surface area contributed by atoms with Crippen molar-refractivity contribution in [3.63, 3.8) is 0 Å². The highest BCUT2D eigenvalue weighted by Crippen LogP contribution is 2.31. The number of nitrogen functional groups attached to an aromatic ring is 1. The molecule has 104 valence electrons. The molecule has 0 unspecified atom stereocenters. The lowest BCUT2D eigenvalue weighted by Gasteiger charge is -2.09. The molecule has 0 aliphatic heterocycles. The first-order chi connectivity index (χ1) is 9.49. The number of hydrogen-bond acceptors (Lipinski definition) is 3. The number of carboxylic acid groups (broad SMARTS) is 1. The molecule has 0 saturated heterocycles. The van der Waals surface area contributed by atoms with Gasteiger partial charge >= 0.3 is 5.97 Å². The second kappa shape index (κ2) is 6.15. The quantitative estimate of drug-likeness (QED) is 0.660. The number of rotatable bonds is 4. The molecule has 0 aliphatic carbocycles. The van der Waals surface area contributed by atoms with Crippen molar-refractivity contribution in [3.05, 3.63) is 58.4 Å². The molecule has 0 atom stereocenters.